The van der Waals surface area contributed by atoms with E-state index in [0.717, 1.165) is 30.4 Å². The predicted molar refractivity (Wildman–Crippen MR) is 63.9 cm³/mol. The molecule has 0 amide bonds. The summed E-state index contributed by atoms with van der Waals surface area (Å²) in [5.41, 5.74) is 0.997. The molecule has 0 saturated heterocycles. The van der Waals surface area contributed by atoms with Gasteiger partial charge in [0.05, 0.1) is 12.9 Å². The van der Waals surface area contributed by atoms with Gasteiger partial charge >= 0.3 is 0 Å². The molecule has 0 aliphatic carbocycles. The van der Waals surface area contributed by atoms with Crippen molar-refractivity contribution in [1.82, 2.24) is 0 Å². The Morgan fingerprint density at radius 3 is 2.81 bits per heavy atom. The van der Waals surface area contributed by atoms with Gasteiger partial charge in [-0.05, 0) is 24.6 Å². The lowest BCUT2D eigenvalue weighted by molar-refractivity contribution is 0.283. The average molecular weight is 215 g/mol. The van der Waals surface area contributed by atoms with Gasteiger partial charge in [0.2, 0.25) is 6.10 Å². The van der Waals surface area contributed by atoms with Crippen molar-refractivity contribution in [2.75, 3.05) is 6.61 Å². The second-order valence-corrected chi connectivity index (χ2v) is 3.51. The molecule has 1 aliphatic rings. The molecule has 1 radical (unpaired) electrons. The van der Waals surface area contributed by atoms with Crippen molar-refractivity contribution in [2.24, 2.45) is 0 Å². The summed E-state index contributed by atoms with van der Waals surface area (Å²) >= 11 is 0. The van der Waals surface area contributed by atoms with E-state index in [0.29, 0.717) is 0 Å². The lowest BCUT2D eigenvalue weighted by Gasteiger charge is -2.17. The standard InChI is InChI=1S/C14H15O2/c1-2-10-15-13-8-4-3-7-12(13)14-9-5-6-11-16-14/h3-9,11H,2,10H2,1H3. The first kappa shape index (κ1) is 10.8. The third kappa shape index (κ3) is 2.45. The molecular weight excluding hydrogens is 200 g/mol. The molecule has 1 aliphatic heterocycles. The first-order valence-corrected chi connectivity index (χ1v) is 5.51. The molecule has 0 spiro atoms. The smallest absolute Gasteiger partial charge is 0.202 e. The van der Waals surface area contributed by atoms with E-state index in [9.17, 15) is 0 Å². The number of hydrogen-bond donors (Lipinski definition) is 0. The van der Waals surface area contributed by atoms with Gasteiger partial charge in [-0.25, -0.2) is 0 Å². The van der Waals surface area contributed by atoms with E-state index in [-0.39, 0.29) is 0 Å². The maximum Gasteiger partial charge on any atom is 0.202 e. The van der Waals surface area contributed by atoms with E-state index in [4.69, 9.17) is 9.47 Å². The Hall–Kier alpha value is -1.70. The van der Waals surface area contributed by atoms with Crippen LogP contribution in [0.5, 0.6) is 5.75 Å². The molecule has 0 fully saturated rings. The highest BCUT2D eigenvalue weighted by Gasteiger charge is 2.16. The van der Waals surface area contributed by atoms with Gasteiger partial charge in [-0.3, -0.25) is 0 Å². The van der Waals surface area contributed by atoms with Crippen LogP contribution in [0.15, 0.2) is 48.8 Å². The Labute approximate surface area is 96.2 Å². The van der Waals surface area contributed by atoms with E-state index in [2.05, 4.69) is 6.92 Å². The Balaban J connectivity index is 2.18. The predicted octanol–water partition coefficient (Wildman–Crippen LogP) is 3.46. The van der Waals surface area contributed by atoms with Crippen LogP contribution in [-0.2, 0) is 4.74 Å². The molecule has 0 aromatic heterocycles. The molecule has 2 rings (SSSR count). The minimum absolute atomic E-state index is 0.726. The maximum absolute atomic E-state index is 5.68. The monoisotopic (exact) mass is 215 g/mol. The van der Waals surface area contributed by atoms with Gasteiger partial charge in [0.25, 0.3) is 0 Å². The minimum Gasteiger partial charge on any atom is -0.493 e. The third-order valence-corrected chi connectivity index (χ3v) is 2.25. The number of rotatable bonds is 4. The van der Waals surface area contributed by atoms with Crippen LogP contribution < -0.4 is 4.74 Å². The van der Waals surface area contributed by atoms with Gasteiger partial charge in [0.15, 0.2) is 0 Å². The highest BCUT2D eigenvalue weighted by molar-refractivity contribution is 5.46. The van der Waals surface area contributed by atoms with Crippen LogP contribution in [-0.4, -0.2) is 6.61 Å². The van der Waals surface area contributed by atoms with Crippen molar-refractivity contribution >= 4 is 0 Å². The van der Waals surface area contributed by atoms with Gasteiger partial charge in [-0.2, -0.15) is 0 Å². The summed E-state index contributed by atoms with van der Waals surface area (Å²) < 4.78 is 11.1. The summed E-state index contributed by atoms with van der Waals surface area (Å²) in [7, 11) is 0. The molecule has 1 aromatic rings. The van der Waals surface area contributed by atoms with Crippen molar-refractivity contribution in [3.63, 3.8) is 0 Å². The number of ether oxygens (including phenoxy) is 2. The fourth-order valence-corrected chi connectivity index (χ4v) is 1.50. The molecule has 0 unspecified atom stereocenters. The third-order valence-electron chi connectivity index (χ3n) is 2.25. The van der Waals surface area contributed by atoms with Crippen LogP contribution in [0, 0.1) is 6.10 Å². The quantitative estimate of drug-likeness (QED) is 0.765. The SMILES string of the molecule is CCCOc1ccccc1[C]1C=CC=CO1. The maximum atomic E-state index is 5.68. The van der Waals surface area contributed by atoms with Crippen molar-refractivity contribution in [3.05, 3.63) is 60.4 Å². The molecule has 0 saturated carbocycles. The highest BCUT2D eigenvalue weighted by atomic mass is 16.5. The molecular formula is C14H15O2. The fraction of sp³-hybridized carbons (Fsp3) is 0.214. The summed E-state index contributed by atoms with van der Waals surface area (Å²) in [6.07, 6.45) is 9.25. The van der Waals surface area contributed by atoms with Gasteiger partial charge in [-0.15, -0.1) is 0 Å². The first-order chi connectivity index (χ1) is 7.92. The van der Waals surface area contributed by atoms with Crippen molar-refractivity contribution in [3.8, 4) is 5.75 Å². The van der Waals surface area contributed by atoms with Crippen LogP contribution in [0.4, 0.5) is 0 Å². The van der Waals surface area contributed by atoms with Gasteiger partial charge < -0.3 is 9.47 Å². The Morgan fingerprint density at radius 2 is 2.06 bits per heavy atom. The summed E-state index contributed by atoms with van der Waals surface area (Å²) in [5, 5.41) is 0. The first-order valence-electron chi connectivity index (χ1n) is 5.51. The number of allylic oxidation sites excluding steroid dienone is 2. The van der Waals surface area contributed by atoms with Crippen LogP contribution in [0.2, 0.25) is 0 Å². The molecule has 2 heteroatoms. The molecule has 1 aromatic carbocycles. The van der Waals surface area contributed by atoms with Crippen LogP contribution in [0.25, 0.3) is 0 Å². The number of benzene rings is 1. The fourth-order valence-electron chi connectivity index (χ4n) is 1.50. The van der Waals surface area contributed by atoms with Gasteiger partial charge in [-0.1, -0.05) is 31.2 Å². The lowest BCUT2D eigenvalue weighted by atomic mass is 10.1. The van der Waals surface area contributed by atoms with Crippen LogP contribution in [0.1, 0.15) is 18.9 Å². The summed E-state index contributed by atoms with van der Waals surface area (Å²) in [6, 6.07) is 7.92. The van der Waals surface area contributed by atoms with Crippen LogP contribution >= 0.6 is 0 Å². The summed E-state index contributed by atoms with van der Waals surface area (Å²) in [4.78, 5) is 0. The zero-order valence-corrected chi connectivity index (χ0v) is 9.35. The Morgan fingerprint density at radius 1 is 1.19 bits per heavy atom. The summed E-state index contributed by atoms with van der Waals surface area (Å²) in [5.74, 6) is 0.874. The van der Waals surface area contributed by atoms with E-state index < -0.39 is 0 Å². The van der Waals surface area contributed by atoms with E-state index in [1.807, 2.05) is 42.5 Å². The molecule has 83 valence electrons. The Kier molecular flexibility index (Phi) is 3.65. The molecule has 0 N–H and O–H groups in total. The van der Waals surface area contributed by atoms with Crippen LogP contribution in [0.3, 0.4) is 0 Å². The highest BCUT2D eigenvalue weighted by Crippen LogP contribution is 2.29. The largest absolute Gasteiger partial charge is 0.493 e. The van der Waals surface area contributed by atoms with Crippen molar-refractivity contribution < 1.29 is 9.47 Å². The number of para-hydroxylation sites is 1. The molecule has 16 heavy (non-hydrogen) atoms. The van der Waals surface area contributed by atoms with Crippen molar-refractivity contribution in [1.29, 1.82) is 0 Å². The van der Waals surface area contributed by atoms with E-state index >= 15 is 0 Å². The van der Waals surface area contributed by atoms with Gasteiger partial charge in [0, 0.05) is 5.56 Å². The lowest BCUT2D eigenvalue weighted by Crippen LogP contribution is -2.05. The van der Waals surface area contributed by atoms with E-state index in [1.165, 1.54) is 0 Å². The zero-order chi connectivity index (χ0) is 11.2. The van der Waals surface area contributed by atoms with Gasteiger partial charge in [0.1, 0.15) is 5.75 Å². The number of hydrogen-bond acceptors (Lipinski definition) is 2. The molecule has 2 nitrogen and oxygen atoms in total. The summed E-state index contributed by atoms with van der Waals surface area (Å²) in [6.45, 7) is 2.82. The Bertz CT molecular complexity index is 393. The normalized spacial score (nSPS) is 14.8. The van der Waals surface area contributed by atoms with E-state index in [1.54, 1.807) is 6.26 Å². The molecule has 0 bridgehead atoms. The zero-order valence-electron chi connectivity index (χ0n) is 9.35. The minimum atomic E-state index is 0.726. The second kappa shape index (κ2) is 5.40. The second-order valence-electron chi connectivity index (χ2n) is 3.51. The average Bonchev–Trinajstić information content (AvgIpc) is 2.38. The molecule has 1 heterocycles. The molecule has 0 atom stereocenters. The topological polar surface area (TPSA) is 18.5 Å². The van der Waals surface area contributed by atoms with Crippen molar-refractivity contribution in [2.45, 2.75) is 13.3 Å².